The Kier molecular flexibility index (Phi) is 5.77. The summed E-state index contributed by atoms with van der Waals surface area (Å²) >= 11 is 0. The first-order valence-electron chi connectivity index (χ1n) is 6.76. The van der Waals surface area contributed by atoms with E-state index in [0.717, 1.165) is 22.3 Å². The summed E-state index contributed by atoms with van der Waals surface area (Å²) in [7, 11) is 0. The van der Waals surface area contributed by atoms with E-state index in [1.165, 1.54) is 0 Å². The van der Waals surface area contributed by atoms with Crippen LogP contribution in [0.15, 0.2) is 58.5 Å². The number of aliphatic imine (C=N–C) groups is 2. The maximum Gasteiger partial charge on any atom is 0.235 e. The molecule has 0 saturated carbocycles. The van der Waals surface area contributed by atoms with Gasteiger partial charge in [0, 0.05) is 0 Å². The highest BCUT2D eigenvalue weighted by Gasteiger charge is 2.00. The number of carbonyl (C=O) groups excluding carboxylic acids is 2. The predicted molar refractivity (Wildman–Crippen MR) is 85.5 cm³/mol. The molecule has 2 aromatic carbocycles. The molecule has 0 aliphatic heterocycles. The first-order valence-corrected chi connectivity index (χ1v) is 6.76. The van der Waals surface area contributed by atoms with E-state index in [1.54, 1.807) is 12.2 Å². The van der Waals surface area contributed by atoms with Crippen LogP contribution in [0.4, 0.5) is 0 Å². The third kappa shape index (κ3) is 4.22. The molecule has 22 heavy (non-hydrogen) atoms. The second-order valence-electron chi connectivity index (χ2n) is 4.55. The molecule has 0 unspecified atom stereocenters. The van der Waals surface area contributed by atoms with Crippen molar-refractivity contribution < 1.29 is 9.59 Å². The monoisotopic (exact) mass is 290 g/mol. The van der Waals surface area contributed by atoms with Crippen LogP contribution in [-0.4, -0.2) is 12.2 Å². The van der Waals surface area contributed by atoms with Gasteiger partial charge in [-0.25, -0.2) is 19.6 Å². The summed E-state index contributed by atoms with van der Waals surface area (Å²) in [5.41, 5.74) is 3.86. The molecule has 0 spiro atoms. The fourth-order valence-electron chi connectivity index (χ4n) is 2.10. The Morgan fingerprint density at radius 3 is 1.55 bits per heavy atom. The normalized spacial score (nSPS) is 10.0. The third-order valence-electron chi connectivity index (χ3n) is 3.18. The fourth-order valence-corrected chi connectivity index (χ4v) is 2.10. The van der Waals surface area contributed by atoms with Gasteiger partial charge in [-0.2, -0.15) is 0 Å². The van der Waals surface area contributed by atoms with Crippen LogP contribution in [-0.2, 0) is 22.7 Å². The molecular formula is C18H14N2O2. The van der Waals surface area contributed by atoms with Crippen molar-refractivity contribution in [1.82, 2.24) is 0 Å². The van der Waals surface area contributed by atoms with E-state index in [1.807, 2.05) is 60.7 Å². The van der Waals surface area contributed by atoms with Crippen LogP contribution in [0, 0.1) is 0 Å². The van der Waals surface area contributed by atoms with Gasteiger partial charge in [-0.05, 0) is 22.3 Å². The number of rotatable bonds is 6. The molecular weight excluding hydrogens is 276 g/mol. The molecule has 4 heteroatoms. The summed E-state index contributed by atoms with van der Waals surface area (Å²) in [6, 6.07) is 15.4. The van der Waals surface area contributed by atoms with Crippen LogP contribution in [0.25, 0.3) is 12.2 Å². The minimum absolute atomic E-state index is 0.307. The molecule has 0 radical (unpaired) electrons. The third-order valence-corrected chi connectivity index (χ3v) is 3.18. The summed E-state index contributed by atoms with van der Waals surface area (Å²) in [6.45, 7) is 0.613. The van der Waals surface area contributed by atoms with Gasteiger partial charge in [0.05, 0.1) is 13.1 Å². The average Bonchev–Trinajstić information content (AvgIpc) is 2.57. The van der Waals surface area contributed by atoms with E-state index in [4.69, 9.17) is 0 Å². The Balaban J connectivity index is 2.29. The lowest BCUT2D eigenvalue weighted by molar-refractivity contribution is 0.562. The Bertz CT molecular complexity index is 703. The molecule has 0 heterocycles. The van der Waals surface area contributed by atoms with E-state index in [-0.39, 0.29) is 0 Å². The lowest BCUT2D eigenvalue weighted by atomic mass is 10.0. The first-order chi connectivity index (χ1) is 10.8. The Hall–Kier alpha value is -3.06. The zero-order valence-electron chi connectivity index (χ0n) is 11.9. The second kappa shape index (κ2) is 8.28. The SMILES string of the molecule is O=C=NCc1ccccc1C=Cc1ccccc1CN=C=O. The van der Waals surface area contributed by atoms with Gasteiger partial charge in [0.15, 0.2) is 0 Å². The molecule has 0 aliphatic carbocycles. The molecule has 0 saturated heterocycles. The van der Waals surface area contributed by atoms with Crippen molar-refractivity contribution in [2.24, 2.45) is 9.98 Å². The second-order valence-corrected chi connectivity index (χ2v) is 4.55. The lowest BCUT2D eigenvalue weighted by Gasteiger charge is -2.04. The zero-order valence-corrected chi connectivity index (χ0v) is 11.9. The number of isocyanates is 2. The van der Waals surface area contributed by atoms with Crippen LogP contribution < -0.4 is 0 Å². The van der Waals surface area contributed by atoms with Gasteiger partial charge in [-0.15, -0.1) is 0 Å². The van der Waals surface area contributed by atoms with Crippen LogP contribution in [0.5, 0.6) is 0 Å². The maximum absolute atomic E-state index is 10.3. The number of benzene rings is 2. The molecule has 0 fully saturated rings. The predicted octanol–water partition coefficient (Wildman–Crippen LogP) is 3.53. The van der Waals surface area contributed by atoms with Gasteiger partial charge >= 0.3 is 0 Å². The van der Waals surface area contributed by atoms with Crippen LogP contribution in [0.1, 0.15) is 22.3 Å². The van der Waals surface area contributed by atoms with Gasteiger partial charge in [0.1, 0.15) is 0 Å². The fraction of sp³-hybridized carbons (Fsp3) is 0.111. The van der Waals surface area contributed by atoms with Gasteiger partial charge in [-0.3, -0.25) is 0 Å². The highest BCUT2D eigenvalue weighted by atomic mass is 16.1. The smallest absolute Gasteiger partial charge is 0.211 e. The molecule has 108 valence electrons. The highest BCUT2D eigenvalue weighted by Crippen LogP contribution is 2.17. The Labute approximate surface area is 128 Å². The molecule has 0 atom stereocenters. The van der Waals surface area contributed by atoms with Gasteiger partial charge in [0.25, 0.3) is 0 Å². The highest BCUT2D eigenvalue weighted by molar-refractivity contribution is 5.72. The van der Waals surface area contributed by atoms with Crippen molar-refractivity contribution in [2.75, 3.05) is 0 Å². The van der Waals surface area contributed by atoms with Crippen molar-refractivity contribution in [2.45, 2.75) is 13.1 Å². The zero-order chi connectivity index (χ0) is 15.6. The van der Waals surface area contributed by atoms with Crippen molar-refractivity contribution >= 4 is 24.3 Å². The summed E-state index contributed by atoms with van der Waals surface area (Å²) in [5.74, 6) is 0. The van der Waals surface area contributed by atoms with Crippen LogP contribution >= 0.6 is 0 Å². The van der Waals surface area contributed by atoms with E-state index in [9.17, 15) is 9.59 Å². The Morgan fingerprint density at radius 2 is 1.14 bits per heavy atom. The molecule has 2 aromatic rings. The van der Waals surface area contributed by atoms with E-state index >= 15 is 0 Å². The average molecular weight is 290 g/mol. The number of hydrogen-bond acceptors (Lipinski definition) is 4. The Morgan fingerprint density at radius 1 is 0.727 bits per heavy atom. The van der Waals surface area contributed by atoms with E-state index < -0.39 is 0 Å². The van der Waals surface area contributed by atoms with Crippen LogP contribution in [0.3, 0.4) is 0 Å². The number of nitrogens with zero attached hydrogens (tertiary/aromatic N) is 2. The minimum atomic E-state index is 0.307. The van der Waals surface area contributed by atoms with Crippen molar-refractivity contribution in [3.8, 4) is 0 Å². The standard InChI is InChI=1S/C18H14N2O2/c21-13-19-11-17-7-3-1-5-15(17)9-10-16-6-2-4-8-18(16)12-20-14-22/h1-10H,11-12H2. The molecule has 0 aromatic heterocycles. The van der Waals surface area contributed by atoms with E-state index in [2.05, 4.69) is 9.98 Å². The molecule has 0 bridgehead atoms. The van der Waals surface area contributed by atoms with E-state index in [0.29, 0.717) is 13.1 Å². The molecule has 0 N–H and O–H groups in total. The van der Waals surface area contributed by atoms with Crippen LogP contribution in [0.2, 0.25) is 0 Å². The summed E-state index contributed by atoms with van der Waals surface area (Å²) in [5, 5.41) is 0. The van der Waals surface area contributed by atoms with Crippen molar-refractivity contribution in [3.05, 3.63) is 70.8 Å². The summed E-state index contributed by atoms with van der Waals surface area (Å²) < 4.78 is 0. The molecule has 4 nitrogen and oxygen atoms in total. The maximum atomic E-state index is 10.3. The topological polar surface area (TPSA) is 58.9 Å². The van der Waals surface area contributed by atoms with Gasteiger partial charge in [-0.1, -0.05) is 60.7 Å². The summed E-state index contributed by atoms with van der Waals surface area (Å²) in [6.07, 6.45) is 7.02. The lowest BCUT2D eigenvalue weighted by Crippen LogP contribution is -1.88. The first kappa shape index (κ1) is 15.3. The molecule has 2 rings (SSSR count). The molecule has 0 amide bonds. The summed E-state index contributed by atoms with van der Waals surface area (Å²) in [4.78, 5) is 27.8. The largest absolute Gasteiger partial charge is 0.235 e. The van der Waals surface area contributed by atoms with Crippen molar-refractivity contribution in [1.29, 1.82) is 0 Å². The van der Waals surface area contributed by atoms with Gasteiger partial charge in [0.2, 0.25) is 12.2 Å². The number of hydrogen-bond donors (Lipinski definition) is 0. The minimum Gasteiger partial charge on any atom is -0.211 e. The quantitative estimate of drug-likeness (QED) is 0.464. The van der Waals surface area contributed by atoms with Crippen molar-refractivity contribution in [3.63, 3.8) is 0 Å². The van der Waals surface area contributed by atoms with Gasteiger partial charge < -0.3 is 0 Å². The molecule has 0 aliphatic rings.